The number of H-pyrrole nitrogens is 1. The van der Waals surface area contributed by atoms with E-state index < -0.39 is 12.1 Å². The summed E-state index contributed by atoms with van der Waals surface area (Å²) in [6.07, 6.45) is 3.76. The highest BCUT2D eigenvalue weighted by Crippen LogP contribution is 2.44. The normalized spacial score (nSPS) is 18.3. The monoisotopic (exact) mass is 493 g/mol. The molecule has 2 amide bonds. The fourth-order valence-corrected chi connectivity index (χ4v) is 5.30. The molecule has 0 spiro atoms. The summed E-state index contributed by atoms with van der Waals surface area (Å²) in [5.74, 6) is 0.932. The third kappa shape index (κ3) is 4.02. The summed E-state index contributed by atoms with van der Waals surface area (Å²) in [5.41, 5.74) is 4.69. The number of nitrogens with zero attached hydrogens (tertiary/aromatic N) is 2. The van der Waals surface area contributed by atoms with Crippen molar-refractivity contribution in [2.75, 3.05) is 20.9 Å². The lowest BCUT2D eigenvalue weighted by molar-refractivity contribution is -0.144. The van der Waals surface area contributed by atoms with Crippen molar-refractivity contribution in [1.82, 2.24) is 14.8 Å². The lowest BCUT2D eigenvalue weighted by atomic mass is 9.87. The average molecular weight is 494 g/mol. The summed E-state index contributed by atoms with van der Waals surface area (Å²) in [4.78, 5) is 34.3. The van der Waals surface area contributed by atoms with Gasteiger partial charge in [-0.3, -0.25) is 9.59 Å². The molecule has 2 aliphatic heterocycles. The van der Waals surface area contributed by atoms with Crippen LogP contribution in [-0.4, -0.2) is 53.5 Å². The van der Waals surface area contributed by atoms with E-state index in [-0.39, 0.29) is 18.6 Å². The van der Waals surface area contributed by atoms with Crippen molar-refractivity contribution < 1.29 is 19.1 Å². The second-order valence-electron chi connectivity index (χ2n) is 9.52. The van der Waals surface area contributed by atoms with Gasteiger partial charge in [-0.25, -0.2) is 0 Å². The van der Waals surface area contributed by atoms with E-state index in [2.05, 4.69) is 11.1 Å². The molecule has 37 heavy (non-hydrogen) atoms. The number of likely N-dealkylation sites (N-methyl/N-ethyl adjacent to an activating group) is 1. The van der Waals surface area contributed by atoms with E-state index in [0.717, 1.165) is 33.3 Å². The third-order valence-electron chi connectivity index (χ3n) is 7.04. The second-order valence-corrected chi connectivity index (χ2v) is 9.52. The van der Waals surface area contributed by atoms with Gasteiger partial charge in [0.1, 0.15) is 6.04 Å². The molecule has 7 nitrogen and oxygen atoms in total. The number of aromatic amines is 1. The molecule has 0 fully saturated rings. The number of carbonyl (C=O) groups excluding carboxylic acids is 2. The summed E-state index contributed by atoms with van der Waals surface area (Å²) in [6.45, 7) is 0.158. The number of amides is 2. The van der Waals surface area contributed by atoms with Crippen LogP contribution in [0.15, 0.2) is 78.9 Å². The molecule has 0 bridgehead atoms. The molecule has 4 aromatic rings. The molecular formula is C30H27N3O4. The van der Waals surface area contributed by atoms with Crippen LogP contribution in [-0.2, 0) is 16.0 Å². The highest BCUT2D eigenvalue weighted by molar-refractivity contribution is 5.98. The van der Waals surface area contributed by atoms with Crippen LogP contribution < -0.4 is 9.47 Å². The molecule has 0 unspecified atom stereocenters. The van der Waals surface area contributed by atoms with Gasteiger partial charge in [0.2, 0.25) is 18.6 Å². The standard InChI is InChI=1S/C30H27N3O4/c1-32(2)30(35)24-17-22-21-10-6-7-11-23(21)31-28(22)29(20-13-14-25-26(16-20)37-18-36-25)33(24)27(34)15-12-19-8-4-3-5-9-19/h3-16,24,29,31H,17-18H2,1-2H3/b15-12+/t24-,29-/m1/s1. The first-order valence-corrected chi connectivity index (χ1v) is 12.3. The Labute approximate surface area is 214 Å². The molecule has 2 atom stereocenters. The average Bonchev–Trinajstić information content (AvgIpc) is 3.54. The van der Waals surface area contributed by atoms with E-state index in [1.165, 1.54) is 0 Å². The van der Waals surface area contributed by atoms with Crippen molar-refractivity contribution in [2.45, 2.75) is 18.5 Å². The van der Waals surface area contributed by atoms with Gasteiger partial charge >= 0.3 is 0 Å². The van der Waals surface area contributed by atoms with Crippen molar-refractivity contribution in [3.8, 4) is 11.5 Å². The minimum Gasteiger partial charge on any atom is -0.454 e. The van der Waals surface area contributed by atoms with E-state index in [0.29, 0.717) is 17.9 Å². The van der Waals surface area contributed by atoms with Gasteiger partial charge in [-0.05, 0) is 41.0 Å². The number of aromatic nitrogens is 1. The van der Waals surface area contributed by atoms with Gasteiger partial charge in [-0.2, -0.15) is 0 Å². The Balaban J connectivity index is 1.53. The van der Waals surface area contributed by atoms with Gasteiger partial charge in [-0.1, -0.05) is 54.6 Å². The van der Waals surface area contributed by atoms with Gasteiger partial charge in [0, 0.05) is 43.2 Å². The highest BCUT2D eigenvalue weighted by Gasteiger charge is 2.43. The maximum atomic E-state index is 13.9. The summed E-state index contributed by atoms with van der Waals surface area (Å²) < 4.78 is 11.2. The Morgan fingerprint density at radius 1 is 0.973 bits per heavy atom. The Hall–Kier alpha value is -4.52. The molecule has 1 aromatic heterocycles. The third-order valence-corrected chi connectivity index (χ3v) is 7.04. The zero-order valence-corrected chi connectivity index (χ0v) is 20.7. The Morgan fingerprint density at radius 2 is 1.73 bits per heavy atom. The van der Waals surface area contributed by atoms with Crippen LogP contribution >= 0.6 is 0 Å². The summed E-state index contributed by atoms with van der Waals surface area (Å²) >= 11 is 0. The van der Waals surface area contributed by atoms with Crippen molar-refractivity contribution in [3.63, 3.8) is 0 Å². The molecule has 3 heterocycles. The van der Waals surface area contributed by atoms with Crippen molar-refractivity contribution in [2.24, 2.45) is 0 Å². The molecule has 1 N–H and O–H groups in total. The van der Waals surface area contributed by atoms with E-state index in [4.69, 9.17) is 9.47 Å². The number of ether oxygens (including phenoxy) is 2. The number of fused-ring (bicyclic) bond motifs is 4. The lowest BCUT2D eigenvalue weighted by Crippen LogP contribution is -2.54. The van der Waals surface area contributed by atoms with Crippen LogP contribution in [0.1, 0.15) is 28.4 Å². The van der Waals surface area contributed by atoms with Crippen LogP contribution in [0.5, 0.6) is 11.5 Å². The zero-order valence-electron chi connectivity index (χ0n) is 20.7. The molecule has 186 valence electrons. The Morgan fingerprint density at radius 3 is 2.54 bits per heavy atom. The van der Waals surface area contributed by atoms with E-state index in [9.17, 15) is 9.59 Å². The minimum atomic E-state index is -0.676. The van der Waals surface area contributed by atoms with E-state index >= 15 is 0 Å². The Bertz CT molecular complexity index is 1520. The predicted molar refractivity (Wildman–Crippen MR) is 141 cm³/mol. The number of para-hydroxylation sites is 1. The molecule has 6 rings (SSSR count). The molecule has 7 heteroatoms. The second kappa shape index (κ2) is 9.17. The number of rotatable bonds is 4. The molecular weight excluding hydrogens is 466 g/mol. The topological polar surface area (TPSA) is 74.9 Å². The van der Waals surface area contributed by atoms with Crippen LogP contribution in [0.3, 0.4) is 0 Å². The SMILES string of the molecule is CN(C)C(=O)[C@H]1Cc2c([nH]c3ccccc23)[C@@H](c2ccc3c(c2)OCO3)N1C(=O)/C=C/c1ccccc1. The van der Waals surface area contributed by atoms with Crippen LogP contribution in [0, 0.1) is 0 Å². The fourth-order valence-electron chi connectivity index (χ4n) is 5.30. The molecule has 0 saturated carbocycles. The number of carbonyl (C=O) groups is 2. The first-order valence-electron chi connectivity index (χ1n) is 12.3. The van der Waals surface area contributed by atoms with Gasteiger partial charge < -0.3 is 24.3 Å². The van der Waals surface area contributed by atoms with Crippen molar-refractivity contribution >= 4 is 28.8 Å². The van der Waals surface area contributed by atoms with E-state index in [1.807, 2.05) is 66.7 Å². The first-order chi connectivity index (χ1) is 18.0. The fraction of sp³-hybridized carbons (Fsp3) is 0.200. The number of benzene rings is 3. The number of nitrogens with one attached hydrogen (secondary N) is 1. The quantitative estimate of drug-likeness (QED) is 0.424. The van der Waals surface area contributed by atoms with Crippen LogP contribution in [0.25, 0.3) is 17.0 Å². The summed E-state index contributed by atoms with van der Waals surface area (Å²) in [7, 11) is 3.45. The largest absolute Gasteiger partial charge is 0.454 e. The smallest absolute Gasteiger partial charge is 0.248 e. The maximum Gasteiger partial charge on any atom is 0.248 e. The Kier molecular flexibility index (Phi) is 5.68. The van der Waals surface area contributed by atoms with Crippen molar-refractivity contribution in [1.29, 1.82) is 0 Å². The van der Waals surface area contributed by atoms with Gasteiger partial charge in [0.25, 0.3) is 0 Å². The zero-order chi connectivity index (χ0) is 25.5. The lowest BCUT2D eigenvalue weighted by Gasteiger charge is -2.42. The number of hydrogen-bond donors (Lipinski definition) is 1. The molecule has 0 saturated heterocycles. The van der Waals surface area contributed by atoms with Gasteiger partial charge in [0.15, 0.2) is 11.5 Å². The maximum absolute atomic E-state index is 13.9. The summed E-state index contributed by atoms with van der Waals surface area (Å²) in [5, 5.41) is 1.06. The molecule has 3 aromatic carbocycles. The predicted octanol–water partition coefficient (Wildman–Crippen LogP) is 4.54. The highest BCUT2D eigenvalue weighted by atomic mass is 16.7. The minimum absolute atomic E-state index is 0.122. The summed E-state index contributed by atoms with van der Waals surface area (Å²) in [6, 6.07) is 22.2. The van der Waals surface area contributed by atoms with Crippen molar-refractivity contribution in [3.05, 3.63) is 101 Å². The van der Waals surface area contributed by atoms with E-state index in [1.54, 1.807) is 36.0 Å². The first kappa shape index (κ1) is 22.9. The van der Waals surface area contributed by atoms with Gasteiger partial charge in [0.05, 0.1) is 6.04 Å². The number of hydrogen-bond acceptors (Lipinski definition) is 4. The van der Waals surface area contributed by atoms with Gasteiger partial charge in [-0.15, -0.1) is 0 Å². The molecule has 0 radical (unpaired) electrons. The van der Waals surface area contributed by atoms with Crippen LogP contribution in [0.2, 0.25) is 0 Å². The van der Waals surface area contributed by atoms with Crippen LogP contribution in [0.4, 0.5) is 0 Å². The molecule has 2 aliphatic rings. The molecule has 0 aliphatic carbocycles.